The van der Waals surface area contributed by atoms with E-state index in [-0.39, 0.29) is 36.4 Å². The first-order valence-corrected chi connectivity index (χ1v) is 8.64. The summed E-state index contributed by atoms with van der Waals surface area (Å²) in [5, 5.41) is 6.61. The van der Waals surface area contributed by atoms with Crippen LogP contribution in [0.25, 0.3) is 0 Å². The molecule has 0 aromatic rings. The zero-order valence-electron chi connectivity index (χ0n) is 13.9. The molecule has 1 unspecified atom stereocenters. The van der Waals surface area contributed by atoms with Crippen LogP contribution in [-0.4, -0.2) is 62.0 Å². The maximum Gasteiger partial charge on any atom is 0.243 e. The summed E-state index contributed by atoms with van der Waals surface area (Å²) in [6.45, 7) is 5.31. The molecular weight excluding hydrogens is 399 g/mol. The van der Waals surface area contributed by atoms with Gasteiger partial charge in [-0.1, -0.05) is 6.92 Å². The number of nitrogens with zero attached hydrogens (tertiary/aromatic N) is 2. The van der Waals surface area contributed by atoms with Crippen LogP contribution in [0, 0.1) is 0 Å². The van der Waals surface area contributed by atoms with Gasteiger partial charge < -0.3 is 15.5 Å². The van der Waals surface area contributed by atoms with Gasteiger partial charge in [-0.3, -0.25) is 4.79 Å². The van der Waals surface area contributed by atoms with Crippen LogP contribution in [0.2, 0.25) is 0 Å². The monoisotopic (exact) mass is 430 g/mol. The molecule has 1 atom stereocenters. The van der Waals surface area contributed by atoms with Crippen molar-refractivity contribution in [3.63, 3.8) is 0 Å². The number of aliphatic imine (C=N–C) groups is 1. The third-order valence-corrected chi connectivity index (χ3v) is 3.63. The fraction of sp³-hybridized carbons (Fsp3) is 0.857. The number of carbonyl (C=O) groups is 1. The topological polar surface area (TPSA) is 56.7 Å². The van der Waals surface area contributed by atoms with Crippen LogP contribution in [0.5, 0.6) is 0 Å². The number of hydrogen-bond acceptors (Lipinski definition) is 3. The molecule has 0 aliphatic carbocycles. The number of amides is 1. The first-order chi connectivity index (χ1) is 9.51. The van der Waals surface area contributed by atoms with Crippen molar-refractivity contribution in [2.24, 2.45) is 4.99 Å². The SMILES string of the molecule is CCC(C)NC(=NCC(=O)N(C)C)NCCCCSC.I. The summed E-state index contributed by atoms with van der Waals surface area (Å²) >= 11 is 1.87. The number of guanidine groups is 1. The van der Waals surface area contributed by atoms with Crippen LogP contribution in [0.1, 0.15) is 33.1 Å². The van der Waals surface area contributed by atoms with E-state index in [1.807, 2.05) is 11.8 Å². The molecule has 0 heterocycles. The molecule has 0 aliphatic rings. The van der Waals surface area contributed by atoms with E-state index in [1.165, 1.54) is 12.2 Å². The molecule has 0 aromatic carbocycles. The highest BCUT2D eigenvalue weighted by atomic mass is 127. The van der Waals surface area contributed by atoms with E-state index in [9.17, 15) is 4.79 Å². The molecule has 0 rings (SSSR count). The summed E-state index contributed by atoms with van der Waals surface area (Å²) in [5.41, 5.74) is 0. The van der Waals surface area contributed by atoms with Crippen LogP contribution in [0.4, 0.5) is 0 Å². The van der Waals surface area contributed by atoms with Crippen LogP contribution in [-0.2, 0) is 4.79 Å². The first kappa shape index (κ1) is 23.1. The Morgan fingerprint density at radius 3 is 2.52 bits per heavy atom. The zero-order chi connectivity index (χ0) is 15.4. The van der Waals surface area contributed by atoms with E-state index < -0.39 is 0 Å². The second-order valence-corrected chi connectivity index (χ2v) is 6.02. The van der Waals surface area contributed by atoms with E-state index in [2.05, 4.69) is 35.7 Å². The van der Waals surface area contributed by atoms with Gasteiger partial charge in [0.2, 0.25) is 5.91 Å². The predicted octanol–water partition coefficient (Wildman–Crippen LogP) is 2.17. The molecular formula is C14H31IN4OS. The Bertz CT molecular complexity index is 301. The van der Waals surface area contributed by atoms with Crippen molar-refractivity contribution in [2.45, 2.75) is 39.2 Å². The van der Waals surface area contributed by atoms with Gasteiger partial charge in [-0.15, -0.1) is 24.0 Å². The van der Waals surface area contributed by atoms with Crippen molar-refractivity contribution < 1.29 is 4.79 Å². The highest BCUT2D eigenvalue weighted by Gasteiger charge is 2.06. The third-order valence-electron chi connectivity index (χ3n) is 2.93. The van der Waals surface area contributed by atoms with Gasteiger partial charge in [0.05, 0.1) is 0 Å². The second kappa shape index (κ2) is 14.7. The average Bonchev–Trinajstić information content (AvgIpc) is 2.43. The molecule has 0 radical (unpaired) electrons. The van der Waals surface area contributed by atoms with Crippen molar-refractivity contribution in [2.75, 3.05) is 39.2 Å². The van der Waals surface area contributed by atoms with E-state index in [0.717, 1.165) is 25.3 Å². The minimum absolute atomic E-state index is 0. The number of rotatable bonds is 9. The van der Waals surface area contributed by atoms with E-state index in [4.69, 9.17) is 0 Å². The molecule has 2 N–H and O–H groups in total. The largest absolute Gasteiger partial charge is 0.356 e. The summed E-state index contributed by atoms with van der Waals surface area (Å²) in [5.74, 6) is 1.93. The van der Waals surface area contributed by atoms with Crippen LogP contribution in [0.3, 0.4) is 0 Å². The number of likely N-dealkylation sites (N-methyl/N-ethyl adjacent to an activating group) is 1. The summed E-state index contributed by atoms with van der Waals surface area (Å²) in [6, 6.07) is 0.349. The Morgan fingerprint density at radius 1 is 1.33 bits per heavy atom. The summed E-state index contributed by atoms with van der Waals surface area (Å²) in [7, 11) is 3.49. The Hall–Kier alpha value is -0.180. The van der Waals surface area contributed by atoms with E-state index >= 15 is 0 Å². The van der Waals surface area contributed by atoms with Crippen LogP contribution >= 0.6 is 35.7 Å². The van der Waals surface area contributed by atoms with Gasteiger partial charge in [0.1, 0.15) is 6.54 Å². The van der Waals surface area contributed by atoms with Crippen molar-refractivity contribution in [3.05, 3.63) is 0 Å². The third kappa shape index (κ3) is 13.2. The maximum absolute atomic E-state index is 11.6. The molecule has 5 nitrogen and oxygen atoms in total. The van der Waals surface area contributed by atoms with Crippen LogP contribution < -0.4 is 10.6 Å². The van der Waals surface area contributed by atoms with Gasteiger partial charge in [-0.25, -0.2) is 4.99 Å². The molecule has 0 fully saturated rings. The van der Waals surface area contributed by atoms with Gasteiger partial charge in [0.15, 0.2) is 5.96 Å². The molecule has 21 heavy (non-hydrogen) atoms. The average molecular weight is 430 g/mol. The minimum atomic E-state index is 0. The van der Waals surface area contributed by atoms with E-state index in [0.29, 0.717) is 6.04 Å². The lowest BCUT2D eigenvalue weighted by Crippen LogP contribution is -2.43. The molecule has 0 saturated carbocycles. The number of carbonyl (C=O) groups excluding carboxylic acids is 1. The lowest BCUT2D eigenvalue weighted by molar-refractivity contribution is -0.127. The van der Waals surface area contributed by atoms with Gasteiger partial charge in [-0.2, -0.15) is 11.8 Å². The molecule has 0 aromatic heterocycles. The number of unbranched alkanes of at least 4 members (excludes halogenated alkanes) is 1. The number of halogens is 1. The Morgan fingerprint density at radius 2 is 2.00 bits per heavy atom. The van der Waals surface area contributed by atoms with Gasteiger partial charge >= 0.3 is 0 Å². The molecule has 7 heteroatoms. The molecule has 0 saturated heterocycles. The molecule has 0 aliphatic heterocycles. The summed E-state index contributed by atoms with van der Waals surface area (Å²) in [4.78, 5) is 17.5. The standard InChI is InChI=1S/C14H30N4OS.HI/c1-6-12(2)17-14(15-9-7-8-10-20-5)16-11-13(19)18(3)4;/h12H,6-11H2,1-5H3,(H2,15,16,17);1H. The minimum Gasteiger partial charge on any atom is -0.356 e. The Labute approximate surface area is 151 Å². The Kier molecular flexibility index (Phi) is 16.2. The summed E-state index contributed by atoms with van der Waals surface area (Å²) < 4.78 is 0. The fourth-order valence-corrected chi connectivity index (χ4v) is 1.85. The molecule has 0 spiro atoms. The first-order valence-electron chi connectivity index (χ1n) is 7.25. The molecule has 0 bridgehead atoms. The van der Waals surface area contributed by atoms with Crippen LogP contribution in [0.15, 0.2) is 4.99 Å². The molecule has 126 valence electrons. The fourth-order valence-electron chi connectivity index (χ4n) is 1.35. The van der Waals surface area contributed by atoms with Gasteiger partial charge in [0.25, 0.3) is 0 Å². The quantitative estimate of drug-likeness (QED) is 0.255. The normalized spacial score (nSPS) is 12.3. The smallest absolute Gasteiger partial charge is 0.243 e. The van der Waals surface area contributed by atoms with E-state index in [1.54, 1.807) is 19.0 Å². The highest BCUT2D eigenvalue weighted by Crippen LogP contribution is 1.98. The highest BCUT2D eigenvalue weighted by molar-refractivity contribution is 14.0. The van der Waals surface area contributed by atoms with Crippen molar-refractivity contribution in [1.29, 1.82) is 0 Å². The lowest BCUT2D eigenvalue weighted by atomic mass is 10.3. The van der Waals surface area contributed by atoms with Gasteiger partial charge in [0, 0.05) is 26.7 Å². The zero-order valence-corrected chi connectivity index (χ0v) is 17.1. The predicted molar refractivity (Wildman–Crippen MR) is 105 cm³/mol. The van der Waals surface area contributed by atoms with Crippen molar-refractivity contribution in [1.82, 2.24) is 15.5 Å². The second-order valence-electron chi connectivity index (χ2n) is 5.03. The lowest BCUT2D eigenvalue weighted by Gasteiger charge is -2.17. The molecule has 1 amide bonds. The van der Waals surface area contributed by atoms with Crippen molar-refractivity contribution >= 4 is 47.6 Å². The number of hydrogen-bond donors (Lipinski definition) is 2. The van der Waals surface area contributed by atoms with Gasteiger partial charge in [-0.05, 0) is 38.2 Å². The number of thioether (sulfide) groups is 1. The maximum atomic E-state index is 11.6. The van der Waals surface area contributed by atoms with Crippen molar-refractivity contribution in [3.8, 4) is 0 Å². The number of nitrogens with one attached hydrogen (secondary N) is 2. The summed E-state index contributed by atoms with van der Waals surface area (Å²) in [6.07, 6.45) is 5.46. The Balaban J connectivity index is 0.